The Morgan fingerprint density at radius 2 is 1.43 bits per heavy atom. The highest BCUT2D eigenvalue weighted by Gasteiger charge is 2.47. The molecule has 4 nitrogen and oxygen atoms in total. The lowest BCUT2D eigenvalue weighted by Crippen LogP contribution is -2.45. The first-order chi connectivity index (χ1) is 18.0. The van der Waals surface area contributed by atoms with Crippen molar-refractivity contribution >= 4 is 22.1 Å². The predicted octanol–water partition coefficient (Wildman–Crippen LogP) is 6.78. The molecule has 37 heavy (non-hydrogen) atoms. The Balaban J connectivity index is 1.44. The van der Waals surface area contributed by atoms with Crippen LogP contribution in [0.15, 0.2) is 77.3 Å². The van der Waals surface area contributed by atoms with E-state index in [-0.39, 0.29) is 11.8 Å². The van der Waals surface area contributed by atoms with Gasteiger partial charge < -0.3 is 4.42 Å². The fourth-order valence-corrected chi connectivity index (χ4v) is 6.98. The highest BCUT2D eigenvalue weighted by atomic mass is 16.3. The van der Waals surface area contributed by atoms with Crippen molar-refractivity contribution in [1.29, 1.82) is 0 Å². The molecule has 0 unspecified atom stereocenters. The van der Waals surface area contributed by atoms with Crippen LogP contribution in [0.25, 0.3) is 33.3 Å². The van der Waals surface area contributed by atoms with Gasteiger partial charge in [0.2, 0.25) is 17.1 Å². The van der Waals surface area contributed by atoms with Crippen molar-refractivity contribution < 1.29 is 8.98 Å². The normalized spacial score (nSPS) is 17.2. The summed E-state index contributed by atoms with van der Waals surface area (Å²) in [5, 5.41) is 2.20. The third-order valence-electron chi connectivity index (χ3n) is 8.49. The van der Waals surface area contributed by atoms with Crippen LogP contribution in [0.3, 0.4) is 0 Å². The van der Waals surface area contributed by atoms with Crippen molar-refractivity contribution in [1.82, 2.24) is 9.97 Å². The molecule has 3 aromatic carbocycles. The Morgan fingerprint density at radius 3 is 2.11 bits per heavy atom. The molecular formula is C33H26N3O+. The van der Waals surface area contributed by atoms with E-state index in [0.29, 0.717) is 5.71 Å². The Morgan fingerprint density at radius 1 is 0.784 bits per heavy atom. The minimum absolute atomic E-state index is 0.158. The number of aromatic nitrogens is 3. The number of rotatable bonds is 1. The molecule has 178 valence electrons. The number of pyridine rings is 1. The molecule has 9 rings (SSSR count). The number of benzene rings is 3. The molecule has 0 spiro atoms. The zero-order valence-corrected chi connectivity index (χ0v) is 21.3. The summed E-state index contributed by atoms with van der Waals surface area (Å²) in [5.41, 5.74) is 15.1. The van der Waals surface area contributed by atoms with Crippen LogP contribution in [0.2, 0.25) is 0 Å². The standard InChI is InChI=1S/C33H26N3O/c1-17-15-18(2)27(32-26(17)24-14-13-19(3)35-33(24)37-32)25-16-34-30-28-20-9-5-7-11-22(20)29(31(30)36(25)4)23-12-8-6-10-21(23)28/h5-16,28-29H,1-4H3/q+1. The number of furan rings is 1. The van der Waals surface area contributed by atoms with E-state index in [0.717, 1.165) is 39.0 Å². The third kappa shape index (κ3) is 2.60. The summed E-state index contributed by atoms with van der Waals surface area (Å²) in [6.07, 6.45) is 2.05. The van der Waals surface area contributed by atoms with E-state index in [9.17, 15) is 0 Å². The molecule has 3 aliphatic rings. The van der Waals surface area contributed by atoms with Gasteiger partial charge in [0.25, 0.3) is 0 Å². The van der Waals surface area contributed by atoms with E-state index < -0.39 is 0 Å². The first kappa shape index (κ1) is 20.8. The van der Waals surface area contributed by atoms with Crippen molar-refractivity contribution in [3.8, 4) is 11.3 Å². The van der Waals surface area contributed by atoms with E-state index in [4.69, 9.17) is 14.4 Å². The van der Waals surface area contributed by atoms with Gasteiger partial charge in [0, 0.05) is 16.5 Å². The molecule has 0 radical (unpaired) electrons. The first-order valence-corrected chi connectivity index (χ1v) is 12.9. The van der Waals surface area contributed by atoms with Gasteiger partial charge in [-0.2, -0.15) is 4.57 Å². The highest BCUT2D eigenvalue weighted by molar-refractivity contribution is 6.10. The summed E-state index contributed by atoms with van der Waals surface area (Å²) in [4.78, 5) is 9.90. The van der Waals surface area contributed by atoms with Crippen LogP contribution in [-0.4, -0.2) is 9.97 Å². The van der Waals surface area contributed by atoms with Gasteiger partial charge in [0.15, 0.2) is 5.58 Å². The largest absolute Gasteiger partial charge is 0.437 e. The van der Waals surface area contributed by atoms with E-state index >= 15 is 0 Å². The van der Waals surface area contributed by atoms with Crippen LogP contribution >= 0.6 is 0 Å². The van der Waals surface area contributed by atoms with Gasteiger partial charge in [0.05, 0.1) is 23.6 Å². The maximum atomic E-state index is 6.50. The van der Waals surface area contributed by atoms with E-state index in [1.165, 1.54) is 39.1 Å². The average Bonchev–Trinajstić information content (AvgIpc) is 3.28. The lowest BCUT2D eigenvalue weighted by molar-refractivity contribution is -0.669. The molecule has 4 heteroatoms. The van der Waals surface area contributed by atoms with Gasteiger partial charge >= 0.3 is 0 Å². The highest BCUT2D eigenvalue weighted by Crippen LogP contribution is 2.54. The number of hydrogen-bond donors (Lipinski definition) is 0. The van der Waals surface area contributed by atoms with Crippen LogP contribution in [0.5, 0.6) is 0 Å². The summed E-state index contributed by atoms with van der Waals surface area (Å²) in [6, 6.07) is 24.2. The molecule has 6 aromatic rings. The van der Waals surface area contributed by atoms with E-state index in [2.05, 4.69) is 92.2 Å². The van der Waals surface area contributed by atoms with Crippen LogP contribution in [0, 0.1) is 20.8 Å². The first-order valence-electron chi connectivity index (χ1n) is 12.9. The van der Waals surface area contributed by atoms with Crippen LogP contribution < -0.4 is 4.57 Å². The van der Waals surface area contributed by atoms with E-state index in [1.807, 2.05) is 13.1 Å². The van der Waals surface area contributed by atoms with Crippen LogP contribution in [-0.2, 0) is 7.05 Å². The van der Waals surface area contributed by atoms with Crippen molar-refractivity contribution in [2.45, 2.75) is 32.6 Å². The van der Waals surface area contributed by atoms with Gasteiger partial charge in [-0.05, 0) is 66.3 Å². The minimum atomic E-state index is 0.158. The summed E-state index contributed by atoms with van der Waals surface area (Å²) in [6.45, 7) is 6.33. The molecule has 0 atom stereocenters. The second-order valence-electron chi connectivity index (χ2n) is 10.6. The Labute approximate surface area is 215 Å². The van der Waals surface area contributed by atoms with Gasteiger partial charge in [-0.15, -0.1) is 0 Å². The van der Waals surface area contributed by atoms with Crippen LogP contribution in [0.1, 0.15) is 62.3 Å². The maximum absolute atomic E-state index is 6.50. The fraction of sp³-hybridized carbons (Fsp3) is 0.182. The topological polar surface area (TPSA) is 42.8 Å². The summed E-state index contributed by atoms with van der Waals surface area (Å²) >= 11 is 0. The minimum Gasteiger partial charge on any atom is -0.437 e. The number of nitrogens with zero attached hydrogens (tertiary/aromatic N) is 3. The molecule has 0 N–H and O–H groups in total. The summed E-state index contributed by atoms with van der Waals surface area (Å²) in [5.74, 6) is 0.316. The van der Waals surface area contributed by atoms with Gasteiger partial charge in [-0.1, -0.05) is 54.6 Å². The molecule has 2 bridgehead atoms. The zero-order chi connectivity index (χ0) is 25.0. The van der Waals surface area contributed by atoms with Crippen LogP contribution in [0.4, 0.5) is 0 Å². The second kappa shape index (κ2) is 7.13. The smallest absolute Gasteiger partial charge is 0.235 e. The van der Waals surface area contributed by atoms with Crippen molar-refractivity contribution in [3.05, 3.63) is 123 Å². The van der Waals surface area contributed by atoms with Crippen molar-refractivity contribution in [2.75, 3.05) is 0 Å². The molecule has 3 aliphatic carbocycles. The molecular weight excluding hydrogens is 454 g/mol. The van der Waals surface area contributed by atoms with Gasteiger partial charge in [-0.25, -0.2) is 9.97 Å². The quantitative estimate of drug-likeness (QED) is 0.243. The Hall–Kier alpha value is -4.31. The summed E-state index contributed by atoms with van der Waals surface area (Å²) < 4.78 is 8.87. The lowest BCUT2D eigenvalue weighted by atomic mass is 9.64. The summed E-state index contributed by atoms with van der Waals surface area (Å²) in [7, 11) is 2.19. The third-order valence-corrected chi connectivity index (χ3v) is 8.49. The fourth-order valence-electron chi connectivity index (χ4n) is 6.98. The molecule has 3 heterocycles. The molecule has 3 aromatic heterocycles. The molecule has 0 aliphatic heterocycles. The molecule has 0 saturated heterocycles. The predicted molar refractivity (Wildman–Crippen MR) is 145 cm³/mol. The van der Waals surface area contributed by atoms with Crippen molar-refractivity contribution in [2.24, 2.45) is 7.05 Å². The number of hydrogen-bond acceptors (Lipinski definition) is 3. The lowest BCUT2D eigenvalue weighted by Gasteiger charge is -2.38. The zero-order valence-electron chi connectivity index (χ0n) is 21.3. The molecule has 0 fully saturated rings. The SMILES string of the molecule is Cc1ccc2c(n1)oc1c(-c3cnc4c([n+]3C)C3c5ccccc5C4c4ccccc43)c(C)cc(C)c12. The number of fused-ring (bicyclic) bond motifs is 3. The Bertz CT molecular complexity index is 1900. The molecule has 0 amide bonds. The maximum Gasteiger partial charge on any atom is 0.235 e. The van der Waals surface area contributed by atoms with Gasteiger partial charge in [0.1, 0.15) is 12.7 Å². The average molecular weight is 481 g/mol. The van der Waals surface area contributed by atoms with Gasteiger partial charge in [-0.3, -0.25) is 0 Å². The Kier molecular flexibility index (Phi) is 4.02. The number of aryl methyl sites for hydroxylation is 3. The van der Waals surface area contributed by atoms with Crippen molar-refractivity contribution in [3.63, 3.8) is 0 Å². The molecule has 0 saturated carbocycles. The second-order valence-corrected chi connectivity index (χ2v) is 10.6. The monoisotopic (exact) mass is 480 g/mol. The van der Waals surface area contributed by atoms with E-state index in [1.54, 1.807) is 0 Å².